The maximum atomic E-state index is 13.3. The third-order valence-electron chi connectivity index (χ3n) is 6.63. The number of hydrogen-bond acceptors (Lipinski definition) is 4. The summed E-state index contributed by atoms with van der Waals surface area (Å²) >= 11 is 0. The molecule has 0 aliphatic carbocycles. The van der Waals surface area contributed by atoms with E-state index in [9.17, 15) is 26.7 Å². The van der Waals surface area contributed by atoms with Crippen LogP contribution in [0.1, 0.15) is 40.3 Å². The molecule has 0 bridgehead atoms. The van der Waals surface area contributed by atoms with E-state index in [1.54, 1.807) is 9.58 Å². The molecule has 5 rings (SSSR count). The zero-order valence-electron chi connectivity index (χ0n) is 19.0. The number of para-hydroxylation sites is 1. The van der Waals surface area contributed by atoms with Gasteiger partial charge >= 0.3 is 6.18 Å². The molecule has 0 radical (unpaired) electrons. The van der Waals surface area contributed by atoms with Crippen molar-refractivity contribution in [3.63, 3.8) is 0 Å². The standard InChI is InChI=1S/C24H23F3N4O3S/c1-15-21-16(2)30(23(32)22(21)31(28-15)19-8-4-3-5-9-19)14-17-12-29(13-17)35(33,34)20-10-6-7-18(11-20)24(25,26)27/h3-11,16-17H,12-14H2,1-2H3. The van der Waals surface area contributed by atoms with Crippen molar-refractivity contribution < 1.29 is 26.7 Å². The number of carbonyl (C=O) groups is 1. The molecule has 2 aliphatic heterocycles. The van der Waals surface area contributed by atoms with Crippen LogP contribution in [0.15, 0.2) is 59.5 Å². The minimum atomic E-state index is -4.63. The number of fused-ring (bicyclic) bond motifs is 1. The maximum Gasteiger partial charge on any atom is 0.416 e. The Labute approximate surface area is 201 Å². The average molecular weight is 505 g/mol. The second-order valence-electron chi connectivity index (χ2n) is 8.94. The first-order chi connectivity index (χ1) is 16.5. The molecule has 2 aromatic carbocycles. The van der Waals surface area contributed by atoms with Gasteiger partial charge in [0.05, 0.1) is 36.1 Å². The third kappa shape index (κ3) is 3.97. The minimum absolute atomic E-state index is 0.121. The smallest absolute Gasteiger partial charge is 0.416 e. The normalized spacial score (nSPS) is 20.6. The lowest BCUT2D eigenvalue weighted by Gasteiger charge is -2.41. The zero-order valence-corrected chi connectivity index (χ0v) is 19.8. The number of aryl methyl sites for hydroxylation is 1. The van der Waals surface area contributed by atoms with Crippen LogP contribution in [-0.2, 0) is 20.8 Å². The fraction of sp³-hybridized carbons (Fsp3) is 0.333. The molecule has 2 aliphatic rings. The molecule has 0 saturated carbocycles. The van der Waals surface area contributed by atoms with Crippen LogP contribution in [0.3, 0.4) is 0 Å². The fourth-order valence-electron chi connectivity index (χ4n) is 4.80. The number of hydrogen-bond donors (Lipinski definition) is 0. The van der Waals surface area contributed by atoms with E-state index in [4.69, 9.17) is 0 Å². The van der Waals surface area contributed by atoms with Crippen molar-refractivity contribution in [1.29, 1.82) is 0 Å². The first kappa shape index (κ1) is 23.7. The van der Waals surface area contributed by atoms with Crippen molar-refractivity contribution in [1.82, 2.24) is 19.0 Å². The number of nitrogens with zero attached hydrogens (tertiary/aromatic N) is 4. The number of amides is 1. The van der Waals surface area contributed by atoms with Gasteiger partial charge in [0, 0.05) is 24.1 Å². The molecular weight excluding hydrogens is 481 g/mol. The van der Waals surface area contributed by atoms with Crippen LogP contribution in [0.2, 0.25) is 0 Å². The molecule has 1 aromatic heterocycles. The van der Waals surface area contributed by atoms with Gasteiger partial charge in [0.15, 0.2) is 15.3 Å². The Morgan fingerprint density at radius 2 is 1.80 bits per heavy atom. The SMILES string of the molecule is Cc1nn(-c2ccccc2)c2c1C(C)N(CC1CN([S+](=O)([O-])c3cccc(C(F)(F)F)c3)C1)C2=O. The molecule has 1 fully saturated rings. The first-order valence-electron chi connectivity index (χ1n) is 11.1. The molecule has 35 heavy (non-hydrogen) atoms. The van der Waals surface area contributed by atoms with Crippen molar-refractivity contribution in [3.05, 3.63) is 77.1 Å². The maximum absolute atomic E-state index is 13.3. The van der Waals surface area contributed by atoms with Gasteiger partial charge in [0.2, 0.25) is 0 Å². The highest BCUT2D eigenvalue weighted by Crippen LogP contribution is 2.39. The van der Waals surface area contributed by atoms with E-state index in [-0.39, 0.29) is 35.9 Å². The zero-order chi connectivity index (χ0) is 25.1. The fourth-order valence-corrected chi connectivity index (χ4v) is 6.44. The highest BCUT2D eigenvalue weighted by molar-refractivity contribution is 7.95. The summed E-state index contributed by atoms with van der Waals surface area (Å²) in [5.74, 6) is -0.291. The Morgan fingerprint density at radius 3 is 2.46 bits per heavy atom. The molecule has 3 aromatic rings. The van der Waals surface area contributed by atoms with E-state index in [0.29, 0.717) is 18.3 Å². The summed E-state index contributed by atoms with van der Waals surface area (Å²) in [4.78, 5) is 14.7. The Kier molecular flexibility index (Phi) is 5.61. The quantitative estimate of drug-likeness (QED) is 0.487. The van der Waals surface area contributed by atoms with Crippen LogP contribution in [-0.4, -0.2) is 49.1 Å². The molecule has 11 heteroatoms. The van der Waals surface area contributed by atoms with Gasteiger partial charge in [-0.3, -0.25) is 4.79 Å². The summed E-state index contributed by atoms with van der Waals surface area (Å²) in [6, 6.07) is 12.9. The van der Waals surface area contributed by atoms with Gasteiger partial charge in [-0.2, -0.15) is 18.3 Å². The lowest BCUT2D eigenvalue weighted by atomic mass is 10.0. The highest BCUT2D eigenvalue weighted by atomic mass is 32.3. The van der Waals surface area contributed by atoms with Crippen LogP contribution in [0.4, 0.5) is 13.2 Å². The minimum Gasteiger partial charge on any atom is -0.593 e. The molecule has 1 amide bonds. The lowest BCUT2D eigenvalue weighted by Crippen LogP contribution is -2.56. The van der Waals surface area contributed by atoms with Crippen LogP contribution in [0.25, 0.3) is 5.69 Å². The summed E-state index contributed by atoms with van der Waals surface area (Å²) < 4.78 is 67.6. The molecule has 7 nitrogen and oxygen atoms in total. The molecule has 1 saturated heterocycles. The van der Waals surface area contributed by atoms with Crippen molar-refractivity contribution in [2.45, 2.75) is 31.0 Å². The predicted molar refractivity (Wildman–Crippen MR) is 121 cm³/mol. The highest BCUT2D eigenvalue weighted by Gasteiger charge is 2.46. The van der Waals surface area contributed by atoms with Gasteiger partial charge in [-0.05, 0) is 38.1 Å². The Hall–Kier alpha value is -3.02. The monoisotopic (exact) mass is 504 g/mol. The Bertz CT molecular complexity index is 1340. The van der Waals surface area contributed by atoms with Gasteiger partial charge in [-0.15, -0.1) is 4.31 Å². The molecule has 0 N–H and O–H groups in total. The van der Waals surface area contributed by atoms with Gasteiger partial charge in [0.1, 0.15) is 5.69 Å². The summed E-state index contributed by atoms with van der Waals surface area (Å²) in [6.07, 6.45) is -4.63. The average Bonchev–Trinajstić information content (AvgIpc) is 3.26. The van der Waals surface area contributed by atoms with E-state index < -0.39 is 22.1 Å². The second-order valence-corrected chi connectivity index (χ2v) is 10.9. The van der Waals surface area contributed by atoms with Crippen LogP contribution < -0.4 is 0 Å². The van der Waals surface area contributed by atoms with E-state index >= 15 is 0 Å². The molecule has 3 heterocycles. The van der Waals surface area contributed by atoms with Crippen molar-refractivity contribution in [3.8, 4) is 5.69 Å². The van der Waals surface area contributed by atoms with Gasteiger partial charge < -0.3 is 9.45 Å². The number of halogens is 3. The number of benzene rings is 2. The molecular formula is C24H23F3N4O3S. The molecule has 0 spiro atoms. The first-order valence-corrected chi connectivity index (χ1v) is 12.6. The molecule has 184 valence electrons. The number of sulfonamides is 1. The Balaban J connectivity index is 1.30. The van der Waals surface area contributed by atoms with Crippen LogP contribution >= 0.6 is 0 Å². The summed E-state index contributed by atoms with van der Waals surface area (Å²) in [5.41, 5.74) is 1.89. The van der Waals surface area contributed by atoms with Gasteiger partial charge in [0.25, 0.3) is 5.91 Å². The number of alkyl halides is 3. The van der Waals surface area contributed by atoms with E-state index in [1.165, 1.54) is 6.07 Å². The van der Waals surface area contributed by atoms with E-state index in [2.05, 4.69) is 5.10 Å². The third-order valence-corrected chi connectivity index (χ3v) is 8.46. The largest absolute Gasteiger partial charge is 0.593 e. The summed E-state index contributed by atoms with van der Waals surface area (Å²) in [5, 5.41) is 4.55. The van der Waals surface area contributed by atoms with Crippen molar-refractivity contribution >= 4 is 16.3 Å². The molecule has 2 unspecified atom stereocenters. The number of aromatic nitrogens is 2. The van der Waals surface area contributed by atoms with E-state index in [0.717, 1.165) is 33.4 Å². The van der Waals surface area contributed by atoms with Crippen LogP contribution in [0, 0.1) is 12.8 Å². The lowest BCUT2D eigenvalue weighted by molar-refractivity contribution is -0.137. The van der Waals surface area contributed by atoms with Crippen molar-refractivity contribution in [2.24, 2.45) is 5.92 Å². The molecule has 2 atom stereocenters. The van der Waals surface area contributed by atoms with Gasteiger partial charge in [-0.25, -0.2) is 4.68 Å². The Morgan fingerprint density at radius 1 is 1.11 bits per heavy atom. The van der Waals surface area contributed by atoms with Crippen molar-refractivity contribution in [2.75, 3.05) is 19.6 Å². The topological polar surface area (TPSA) is 81.5 Å². The summed E-state index contributed by atoms with van der Waals surface area (Å²) in [6.45, 7) is 4.39. The predicted octanol–water partition coefficient (Wildman–Crippen LogP) is 4.25. The number of rotatable bonds is 5. The second kappa shape index (κ2) is 8.28. The number of carbonyl (C=O) groups excluding carboxylic acids is 1. The van der Waals surface area contributed by atoms with Crippen LogP contribution in [0.5, 0.6) is 0 Å². The van der Waals surface area contributed by atoms with E-state index in [1.807, 2.05) is 44.2 Å². The summed E-state index contributed by atoms with van der Waals surface area (Å²) in [7, 11) is -4.06. The van der Waals surface area contributed by atoms with Gasteiger partial charge in [-0.1, -0.05) is 28.5 Å².